The molecule has 4 nitrogen and oxygen atoms in total. The first-order valence-electron chi connectivity index (χ1n) is 7.70. The van der Waals surface area contributed by atoms with E-state index in [0.29, 0.717) is 23.5 Å². The SMILES string of the molecule is CCOc1cc(N(C)C)ccc1C(=O)c1ccc(N(C)C)cc1. The topological polar surface area (TPSA) is 32.8 Å². The van der Waals surface area contributed by atoms with Crippen molar-refractivity contribution >= 4 is 17.2 Å². The van der Waals surface area contributed by atoms with E-state index in [-0.39, 0.29) is 5.78 Å². The van der Waals surface area contributed by atoms with Crippen LogP contribution in [-0.2, 0) is 0 Å². The van der Waals surface area contributed by atoms with Crippen LogP contribution >= 0.6 is 0 Å². The van der Waals surface area contributed by atoms with Crippen LogP contribution in [0.1, 0.15) is 22.8 Å². The van der Waals surface area contributed by atoms with Crippen molar-refractivity contribution < 1.29 is 9.53 Å². The Morgan fingerprint density at radius 2 is 1.48 bits per heavy atom. The molecule has 0 amide bonds. The summed E-state index contributed by atoms with van der Waals surface area (Å²) < 4.78 is 5.68. The van der Waals surface area contributed by atoms with Gasteiger partial charge in [0, 0.05) is 51.2 Å². The summed E-state index contributed by atoms with van der Waals surface area (Å²) in [5.74, 6) is 0.601. The highest BCUT2D eigenvalue weighted by atomic mass is 16.5. The van der Waals surface area contributed by atoms with Crippen LogP contribution in [0.2, 0.25) is 0 Å². The average Bonchev–Trinajstić information content (AvgIpc) is 2.54. The Bertz CT molecular complexity index is 676. The molecule has 0 bridgehead atoms. The molecule has 2 aromatic rings. The molecule has 0 aliphatic heterocycles. The second-order valence-electron chi connectivity index (χ2n) is 5.78. The molecule has 122 valence electrons. The number of anilines is 2. The molecule has 23 heavy (non-hydrogen) atoms. The minimum Gasteiger partial charge on any atom is -0.493 e. The van der Waals surface area contributed by atoms with E-state index in [2.05, 4.69) is 0 Å². The third-order valence-electron chi connectivity index (χ3n) is 3.67. The molecular formula is C19H24N2O2. The lowest BCUT2D eigenvalue weighted by Gasteiger charge is -2.17. The first-order valence-corrected chi connectivity index (χ1v) is 7.70. The van der Waals surface area contributed by atoms with Crippen LogP contribution in [0.5, 0.6) is 5.75 Å². The summed E-state index contributed by atoms with van der Waals surface area (Å²) >= 11 is 0. The van der Waals surface area contributed by atoms with Crippen molar-refractivity contribution in [2.24, 2.45) is 0 Å². The standard InChI is InChI=1S/C19H24N2O2/c1-6-23-18-13-16(21(4)5)11-12-17(18)19(22)14-7-9-15(10-8-14)20(2)3/h7-13H,6H2,1-5H3. The third-order valence-corrected chi connectivity index (χ3v) is 3.67. The van der Waals surface area contributed by atoms with Crippen LogP contribution in [0, 0.1) is 0 Å². The molecule has 0 unspecified atom stereocenters. The minimum atomic E-state index is -0.0240. The highest BCUT2D eigenvalue weighted by molar-refractivity contribution is 6.11. The monoisotopic (exact) mass is 312 g/mol. The number of carbonyl (C=O) groups excluding carboxylic acids is 1. The highest BCUT2D eigenvalue weighted by Crippen LogP contribution is 2.27. The van der Waals surface area contributed by atoms with Gasteiger partial charge in [0.25, 0.3) is 0 Å². The molecule has 4 heteroatoms. The molecule has 0 N–H and O–H groups in total. The van der Waals surface area contributed by atoms with Crippen molar-refractivity contribution in [3.05, 3.63) is 53.6 Å². The Morgan fingerprint density at radius 3 is 2.00 bits per heavy atom. The first kappa shape index (κ1) is 16.9. The van der Waals surface area contributed by atoms with Gasteiger partial charge >= 0.3 is 0 Å². The van der Waals surface area contributed by atoms with E-state index in [1.807, 2.05) is 87.4 Å². The van der Waals surface area contributed by atoms with E-state index < -0.39 is 0 Å². The lowest BCUT2D eigenvalue weighted by molar-refractivity contribution is 0.103. The maximum absolute atomic E-state index is 12.8. The molecule has 0 aliphatic rings. The molecule has 0 saturated carbocycles. The van der Waals surface area contributed by atoms with Gasteiger partial charge in [-0.15, -0.1) is 0 Å². The van der Waals surface area contributed by atoms with Gasteiger partial charge in [-0.2, -0.15) is 0 Å². The Labute approximate surface area is 138 Å². The van der Waals surface area contributed by atoms with E-state index in [1.54, 1.807) is 0 Å². The predicted molar refractivity (Wildman–Crippen MR) is 96.1 cm³/mol. The smallest absolute Gasteiger partial charge is 0.196 e. The van der Waals surface area contributed by atoms with Gasteiger partial charge in [0.1, 0.15) is 5.75 Å². The summed E-state index contributed by atoms with van der Waals surface area (Å²) in [6.45, 7) is 2.44. The maximum atomic E-state index is 12.8. The van der Waals surface area contributed by atoms with Crippen molar-refractivity contribution in [3.8, 4) is 5.75 Å². The number of rotatable bonds is 6. The van der Waals surface area contributed by atoms with Crippen LogP contribution in [0.3, 0.4) is 0 Å². The number of hydrogen-bond donors (Lipinski definition) is 0. The molecule has 2 aromatic carbocycles. The number of nitrogens with zero attached hydrogens (tertiary/aromatic N) is 2. The van der Waals surface area contributed by atoms with Crippen molar-refractivity contribution in [2.45, 2.75) is 6.92 Å². The molecule has 0 heterocycles. The molecule has 0 spiro atoms. The summed E-state index contributed by atoms with van der Waals surface area (Å²) in [6, 6.07) is 13.3. The largest absolute Gasteiger partial charge is 0.493 e. The number of benzene rings is 2. The van der Waals surface area contributed by atoms with Gasteiger partial charge in [-0.05, 0) is 43.3 Å². The summed E-state index contributed by atoms with van der Waals surface area (Å²) in [4.78, 5) is 16.8. The molecule has 0 fully saturated rings. The van der Waals surface area contributed by atoms with E-state index >= 15 is 0 Å². The number of carbonyl (C=O) groups is 1. The van der Waals surface area contributed by atoms with Gasteiger partial charge in [0.05, 0.1) is 12.2 Å². The van der Waals surface area contributed by atoms with Gasteiger partial charge < -0.3 is 14.5 Å². The Balaban J connectivity index is 2.37. The van der Waals surface area contributed by atoms with Crippen LogP contribution in [0.25, 0.3) is 0 Å². The van der Waals surface area contributed by atoms with E-state index in [1.165, 1.54) is 0 Å². The Morgan fingerprint density at radius 1 is 0.913 bits per heavy atom. The van der Waals surface area contributed by atoms with E-state index in [4.69, 9.17) is 4.74 Å². The minimum absolute atomic E-state index is 0.0240. The Hall–Kier alpha value is -2.49. The zero-order chi connectivity index (χ0) is 17.0. The van der Waals surface area contributed by atoms with Crippen molar-refractivity contribution in [2.75, 3.05) is 44.6 Å². The highest BCUT2D eigenvalue weighted by Gasteiger charge is 2.16. The second-order valence-corrected chi connectivity index (χ2v) is 5.78. The predicted octanol–water partition coefficient (Wildman–Crippen LogP) is 3.45. The first-order chi connectivity index (χ1) is 10.9. The summed E-state index contributed by atoms with van der Waals surface area (Å²) in [7, 11) is 7.88. The molecule has 0 saturated heterocycles. The quantitative estimate of drug-likeness (QED) is 0.765. The van der Waals surface area contributed by atoms with Gasteiger partial charge in [0.2, 0.25) is 0 Å². The fourth-order valence-electron chi connectivity index (χ4n) is 2.32. The van der Waals surface area contributed by atoms with Crippen LogP contribution in [0.4, 0.5) is 11.4 Å². The molecule has 2 rings (SSSR count). The zero-order valence-electron chi connectivity index (χ0n) is 14.5. The normalized spacial score (nSPS) is 10.3. The third kappa shape index (κ3) is 3.83. The molecule has 0 atom stereocenters. The fraction of sp³-hybridized carbons (Fsp3) is 0.316. The van der Waals surface area contributed by atoms with Crippen molar-refractivity contribution in [1.29, 1.82) is 0 Å². The van der Waals surface area contributed by atoms with Crippen molar-refractivity contribution in [3.63, 3.8) is 0 Å². The number of ketones is 1. The van der Waals surface area contributed by atoms with Gasteiger partial charge in [-0.25, -0.2) is 0 Å². The van der Waals surface area contributed by atoms with Gasteiger partial charge in [-0.1, -0.05) is 0 Å². The van der Waals surface area contributed by atoms with E-state index in [0.717, 1.165) is 11.4 Å². The Kier molecular flexibility index (Phi) is 5.27. The lowest BCUT2D eigenvalue weighted by Crippen LogP contribution is -2.11. The number of hydrogen-bond acceptors (Lipinski definition) is 4. The van der Waals surface area contributed by atoms with E-state index in [9.17, 15) is 4.79 Å². The van der Waals surface area contributed by atoms with Crippen LogP contribution in [0.15, 0.2) is 42.5 Å². The van der Waals surface area contributed by atoms with Crippen LogP contribution < -0.4 is 14.5 Å². The second kappa shape index (κ2) is 7.18. The van der Waals surface area contributed by atoms with Crippen LogP contribution in [-0.4, -0.2) is 40.6 Å². The summed E-state index contributed by atoms with van der Waals surface area (Å²) in [5, 5.41) is 0. The fourth-order valence-corrected chi connectivity index (χ4v) is 2.32. The lowest BCUT2D eigenvalue weighted by atomic mass is 10.0. The average molecular weight is 312 g/mol. The maximum Gasteiger partial charge on any atom is 0.196 e. The molecule has 0 aromatic heterocycles. The molecule has 0 aliphatic carbocycles. The van der Waals surface area contributed by atoms with Gasteiger partial charge in [0.15, 0.2) is 5.78 Å². The zero-order valence-corrected chi connectivity index (χ0v) is 14.5. The summed E-state index contributed by atoms with van der Waals surface area (Å²) in [6.07, 6.45) is 0. The molecular weight excluding hydrogens is 288 g/mol. The van der Waals surface area contributed by atoms with Gasteiger partial charge in [-0.3, -0.25) is 4.79 Å². The molecule has 0 radical (unpaired) electrons. The van der Waals surface area contributed by atoms with Crippen molar-refractivity contribution in [1.82, 2.24) is 0 Å². The summed E-state index contributed by atoms with van der Waals surface area (Å²) in [5.41, 5.74) is 3.33. The number of ether oxygens (including phenoxy) is 1.